The molecule has 3 aromatic heterocycles. The zero-order chi connectivity index (χ0) is 31.7. The zero-order valence-corrected chi connectivity index (χ0v) is 26.7. The summed E-state index contributed by atoms with van der Waals surface area (Å²) in [6.45, 7) is 6.33. The number of nitrogens with one attached hydrogen (secondary N) is 2. The van der Waals surface area contributed by atoms with E-state index in [4.69, 9.17) is 9.72 Å². The summed E-state index contributed by atoms with van der Waals surface area (Å²) in [7, 11) is 3.55. The van der Waals surface area contributed by atoms with Crippen molar-refractivity contribution < 1.29 is 19.1 Å². The molecule has 2 N–H and O–H groups in total. The molecule has 3 unspecified atom stereocenters. The molecule has 0 spiro atoms. The number of anilines is 2. The molecule has 3 aromatic rings. The number of likely N-dealkylation sites (tertiary alicyclic amines) is 1. The Morgan fingerprint density at radius 2 is 1.91 bits per heavy atom. The topological polar surface area (TPSA) is 135 Å². The van der Waals surface area contributed by atoms with E-state index in [9.17, 15) is 14.4 Å². The molecule has 0 radical (unpaired) electrons. The predicted molar refractivity (Wildman–Crippen MR) is 168 cm³/mol. The summed E-state index contributed by atoms with van der Waals surface area (Å²) in [6, 6.07) is 5.66. The molecule has 5 heterocycles. The Bertz CT molecular complexity index is 1660. The van der Waals surface area contributed by atoms with Gasteiger partial charge in [-0.1, -0.05) is 6.42 Å². The first-order valence-electron chi connectivity index (χ1n) is 16.0. The van der Waals surface area contributed by atoms with Crippen LogP contribution in [0.5, 0.6) is 0 Å². The van der Waals surface area contributed by atoms with E-state index >= 15 is 0 Å². The average molecular weight is 615 g/mol. The molecule has 12 nitrogen and oxygen atoms in total. The molecule has 45 heavy (non-hydrogen) atoms. The monoisotopic (exact) mass is 614 g/mol. The number of hydrogen-bond donors (Lipinski definition) is 2. The Morgan fingerprint density at radius 1 is 1.09 bits per heavy atom. The second kappa shape index (κ2) is 10.8. The number of piperazine rings is 1. The van der Waals surface area contributed by atoms with Gasteiger partial charge in [-0.3, -0.25) is 14.9 Å². The van der Waals surface area contributed by atoms with Crippen molar-refractivity contribution in [2.24, 2.45) is 11.8 Å². The molecule has 5 atom stereocenters. The molecule has 2 saturated heterocycles. The van der Waals surface area contributed by atoms with E-state index in [0.29, 0.717) is 47.8 Å². The van der Waals surface area contributed by atoms with Crippen molar-refractivity contribution in [1.29, 1.82) is 0 Å². The van der Waals surface area contributed by atoms with Crippen LogP contribution in [0.1, 0.15) is 86.2 Å². The van der Waals surface area contributed by atoms with Gasteiger partial charge in [0.25, 0.3) is 11.8 Å². The highest BCUT2D eigenvalue weighted by Crippen LogP contribution is 2.52. The Balaban J connectivity index is 1.09. The number of carbonyl (C=O) groups excluding carboxylic acids is 3. The van der Waals surface area contributed by atoms with Crippen LogP contribution in [0.25, 0.3) is 11.0 Å². The van der Waals surface area contributed by atoms with Gasteiger partial charge in [0.05, 0.1) is 12.1 Å². The Morgan fingerprint density at radius 3 is 2.58 bits per heavy atom. The largest absolute Gasteiger partial charge is 0.459 e. The first-order chi connectivity index (χ1) is 21.4. The summed E-state index contributed by atoms with van der Waals surface area (Å²) in [5.41, 5.74) is 0.340. The molecule has 2 saturated carbocycles. The lowest BCUT2D eigenvalue weighted by molar-refractivity contribution is -0.164. The molecule has 7 rings (SSSR count). The molecule has 4 bridgehead atoms. The zero-order valence-electron chi connectivity index (χ0n) is 26.7. The SMILES string of the molecule is CN(C)C(=O)c1cc2cnc(Nc3ccc(C(=O)N4CC5CCC(C(=O)OC(C)(C)C)(C4)N5)cn3)nc2n1C1C[C@H]2CC[C@@H]1C2. The highest BCUT2D eigenvalue weighted by atomic mass is 16.6. The standard InChI is InChI=1S/C33H42N8O4/c1-32(2,3)45-30(44)33-11-10-23(38-33)17-40(18-33)28(42)21-8-9-26(34-15-21)36-31-35-16-22-14-25(29(43)39(4)5)41(27(22)37-31)24-13-19-6-7-20(24)12-19/h8-9,14-16,19-20,23-24,38H,6-7,10-13,17-18H2,1-5H3,(H,34,35,36,37)/t19-,20+,23?,24?,33?/m0/s1. The molecule has 4 fully saturated rings. The van der Waals surface area contributed by atoms with E-state index < -0.39 is 11.1 Å². The van der Waals surface area contributed by atoms with Gasteiger partial charge in [0.15, 0.2) is 0 Å². The van der Waals surface area contributed by atoms with E-state index in [1.165, 1.54) is 19.3 Å². The first-order valence-corrected chi connectivity index (χ1v) is 16.0. The van der Waals surface area contributed by atoms with Crippen molar-refractivity contribution in [2.75, 3.05) is 32.5 Å². The fourth-order valence-corrected chi connectivity index (χ4v) is 7.85. The molecular weight excluding hydrogens is 572 g/mol. The second-order valence-corrected chi connectivity index (χ2v) is 14.5. The van der Waals surface area contributed by atoms with Crippen LogP contribution in [-0.2, 0) is 9.53 Å². The Hall–Kier alpha value is -4.06. The highest BCUT2D eigenvalue weighted by Gasteiger charge is 2.52. The smallest absolute Gasteiger partial charge is 0.328 e. The number of pyridine rings is 1. The number of fused-ring (bicyclic) bond motifs is 5. The van der Waals surface area contributed by atoms with Gasteiger partial charge in [0.2, 0.25) is 5.95 Å². The van der Waals surface area contributed by atoms with Crippen molar-refractivity contribution in [3.8, 4) is 0 Å². The van der Waals surface area contributed by atoms with Gasteiger partial charge >= 0.3 is 5.97 Å². The number of amides is 2. The number of ether oxygens (including phenoxy) is 1. The number of hydrogen-bond acceptors (Lipinski definition) is 9. The lowest BCUT2D eigenvalue weighted by Crippen LogP contribution is -2.65. The van der Waals surface area contributed by atoms with Gasteiger partial charge in [0.1, 0.15) is 28.3 Å². The van der Waals surface area contributed by atoms with Crippen LogP contribution >= 0.6 is 0 Å². The number of nitrogens with zero attached hydrogens (tertiary/aromatic N) is 6. The van der Waals surface area contributed by atoms with Crippen LogP contribution in [-0.4, -0.2) is 91.5 Å². The summed E-state index contributed by atoms with van der Waals surface area (Å²) in [4.78, 5) is 57.1. The molecule has 2 aliphatic heterocycles. The van der Waals surface area contributed by atoms with E-state index in [1.807, 2.05) is 26.8 Å². The molecule has 2 amide bonds. The van der Waals surface area contributed by atoms with Crippen molar-refractivity contribution in [3.63, 3.8) is 0 Å². The third-order valence-electron chi connectivity index (χ3n) is 9.86. The molecule has 0 aromatic carbocycles. The number of aromatic nitrogens is 4. The lowest BCUT2D eigenvalue weighted by Gasteiger charge is -2.40. The van der Waals surface area contributed by atoms with Crippen molar-refractivity contribution in [1.82, 2.24) is 34.6 Å². The summed E-state index contributed by atoms with van der Waals surface area (Å²) in [6.07, 6.45) is 9.47. The average Bonchev–Trinajstić information content (AvgIpc) is 3.78. The summed E-state index contributed by atoms with van der Waals surface area (Å²) < 4.78 is 7.86. The number of rotatable bonds is 6. The van der Waals surface area contributed by atoms with Gasteiger partial charge in [-0.15, -0.1) is 0 Å². The van der Waals surface area contributed by atoms with Crippen LogP contribution in [0.4, 0.5) is 11.8 Å². The fraction of sp³-hybridized carbons (Fsp3) is 0.576. The maximum Gasteiger partial charge on any atom is 0.328 e. The quantitative estimate of drug-likeness (QED) is 0.396. The number of carbonyl (C=O) groups is 3. The maximum atomic E-state index is 13.5. The molecule has 238 valence electrons. The minimum absolute atomic E-state index is 0.0401. The number of esters is 1. The van der Waals surface area contributed by atoms with E-state index in [-0.39, 0.29) is 36.4 Å². The summed E-state index contributed by atoms with van der Waals surface area (Å²) in [5, 5.41) is 7.44. The van der Waals surface area contributed by atoms with Gasteiger partial charge in [-0.2, -0.15) is 4.98 Å². The van der Waals surface area contributed by atoms with Gasteiger partial charge in [-0.25, -0.2) is 14.8 Å². The van der Waals surface area contributed by atoms with E-state index in [1.54, 1.807) is 48.4 Å². The van der Waals surface area contributed by atoms with Gasteiger partial charge in [-0.05, 0) is 82.9 Å². The van der Waals surface area contributed by atoms with Gasteiger partial charge < -0.3 is 24.4 Å². The van der Waals surface area contributed by atoms with Crippen LogP contribution in [0, 0.1) is 11.8 Å². The predicted octanol–water partition coefficient (Wildman–Crippen LogP) is 3.92. The Labute approximate surface area is 262 Å². The summed E-state index contributed by atoms with van der Waals surface area (Å²) in [5.74, 6) is 1.62. The van der Waals surface area contributed by atoms with Crippen LogP contribution in [0.2, 0.25) is 0 Å². The molecular formula is C33H42N8O4. The van der Waals surface area contributed by atoms with Crippen LogP contribution in [0.15, 0.2) is 30.6 Å². The van der Waals surface area contributed by atoms with E-state index in [0.717, 1.165) is 23.9 Å². The third kappa shape index (κ3) is 5.43. The maximum absolute atomic E-state index is 13.5. The van der Waals surface area contributed by atoms with Crippen molar-refractivity contribution in [3.05, 3.63) is 41.9 Å². The van der Waals surface area contributed by atoms with Crippen molar-refractivity contribution in [2.45, 2.75) is 82.5 Å². The fourth-order valence-electron chi connectivity index (χ4n) is 7.85. The van der Waals surface area contributed by atoms with Gasteiger partial charge in [0, 0.05) is 50.5 Å². The normalized spacial score (nSPS) is 27.2. The molecule has 2 aliphatic carbocycles. The van der Waals surface area contributed by atoms with Crippen molar-refractivity contribution >= 4 is 40.6 Å². The highest BCUT2D eigenvalue weighted by molar-refractivity contribution is 5.98. The minimum Gasteiger partial charge on any atom is -0.459 e. The first kappa shape index (κ1) is 29.6. The molecule has 12 heteroatoms. The van der Waals surface area contributed by atoms with Crippen LogP contribution in [0.3, 0.4) is 0 Å². The van der Waals surface area contributed by atoms with E-state index in [2.05, 4.69) is 25.2 Å². The lowest BCUT2D eigenvalue weighted by atomic mass is 9.95. The third-order valence-corrected chi connectivity index (χ3v) is 9.86. The molecule has 4 aliphatic rings. The van der Waals surface area contributed by atoms with Crippen LogP contribution < -0.4 is 10.6 Å². The second-order valence-electron chi connectivity index (χ2n) is 14.5. The Kier molecular flexibility index (Phi) is 7.10. The minimum atomic E-state index is -0.885. The summed E-state index contributed by atoms with van der Waals surface area (Å²) >= 11 is 0.